The Hall–Kier alpha value is -0.610. The van der Waals surface area contributed by atoms with Crippen molar-refractivity contribution in [2.75, 3.05) is 26.2 Å². The molecule has 1 aliphatic heterocycles. The van der Waals surface area contributed by atoms with Crippen molar-refractivity contribution < 1.29 is 4.79 Å². The van der Waals surface area contributed by atoms with Crippen LogP contribution in [-0.4, -0.2) is 49.1 Å². The van der Waals surface area contributed by atoms with Gasteiger partial charge in [0.15, 0.2) is 0 Å². The quantitative estimate of drug-likeness (QED) is 0.742. The largest absolute Gasteiger partial charge is 0.352 e. The number of amides is 1. The molecular formula is C16H29N3O. The highest BCUT2D eigenvalue weighted by Crippen LogP contribution is 2.30. The van der Waals surface area contributed by atoms with Crippen molar-refractivity contribution in [1.29, 1.82) is 0 Å². The first-order valence-electron chi connectivity index (χ1n) is 8.55. The number of nitrogens with zero attached hydrogens (tertiary/aromatic N) is 1. The molecule has 20 heavy (non-hydrogen) atoms. The SMILES string of the molecule is O=C(CN(CC1CC1)CC1CCCN1)NC1CCCC1. The predicted octanol–water partition coefficient (Wildman–Crippen LogP) is 1.51. The summed E-state index contributed by atoms with van der Waals surface area (Å²) in [5.41, 5.74) is 0. The second-order valence-corrected chi connectivity index (χ2v) is 6.98. The van der Waals surface area contributed by atoms with Crippen LogP contribution in [0.1, 0.15) is 51.4 Å². The number of hydrogen-bond acceptors (Lipinski definition) is 3. The molecule has 4 nitrogen and oxygen atoms in total. The van der Waals surface area contributed by atoms with E-state index >= 15 is 0 Å². The topological polar surface area (TPSA) is 44.4 Å². The van der Waals surface area contributed by atoms with E-state index in [0.29, 0.717) is 18.6 Å². The van der Waals surface area contributed by atoms with Crippen molar-refractivity contribution in [2.24, 2.45) is 5.92 Å². The van der Waals surface area contributed by atoms with Crippen LogP contribution in [0, 0.1) is 5.92 Å². The maximum Gasteiger partial charge on any atom is 0.234 e. The molecule has 1 saturated heterocycles. The number of nitrogens with one attached hydrogen (secondary N) is 2. The van der Waals surface area contributed by atoms with Gasteiger partial charge in [0.25, 0.3) is 0 Å². The van der Waals surface area contributed by atoms with Crippen molar-refractivity contribution >= 4 is 5.91 Å². The number of rotatable bonds is 7. The smallest absolute Gasteiger partial charge is 0.234 e. The van der Waals surface area contributed by atoms with Crippen LogP contribution in [0.4, 0.5) is 0 Å². The van der Waals surface area contributed by atoms with Crippen LogP contribution in [0.3, 0.4) is 0 Å². The van der Waals surface area contributed by atoms with Crippen LogP contribution in [0.15, 0.2) is 0 Å². The number of hydrogen-bond donors (Lipinski definition) is 2. The lowest BCUT2D eigenvalue weighted by Gasteiger charge is -2.25. The molecule has 0 radical (unpaired) electrons. The Morgan fingerprint density at radius 3 is 2.50 bits per heavy atom. The van der Waals surface area contributed by atoms with Gasteiger partial charge in [-0.25, -0.2) is 0 Å². The van der Waals surface area contributed by atoms with Gasteiger partial charge in [-0.1, -0.05) is 12.8 Å². The van der Waals surface area contributed by atoms with E-state index in [9.17, 15) is 4.79 Å². The summed E-state index contributed by atoms with van der Waals surface area (Å²) in [5.74, 6) is 1.10. The van der Waals surface area contributed by atoms with E-state index in [1.54, 1.807) is 0 Å². The Bertz CT molecular complexity index is 318. The summed E-state index contributed by atoms with van der Waals surface area (Å²) in [4.78, 5) is 14.6. The average Bonchev–Trinajstić information content (AvgIpc) is 2.90. The molecule has 1 atom stereocenters. The van der Waals surface area contributed by atoms with E-state index in [4.69, 9.17) is 0 Å². The van der Waals surface area contributed by atoms with Crippen LogP contribution < -0.4 is 10.6 Å². The first-order chi connectivity index (χ1) is 9.79. The summed E-state index contributed by atoms with van der Waals surface area (Å²) in [7, 11) is 0. The fraction of sp³-hybridized carbons (Fsp3) is 0.938. The monoisotopic (exact) mass is 279 g/mol. The van der Waals surface area contributed by atoms with Crippen LogP contribution in [0.2, 0.25) is 0 Å². The van der Waals surface area contributed by atoms with Crippen molar-refractivity contribution in [3.63, 3.8) is 0 Å². The van der Waals surface area contributed by atoms with Gasteiger partial charge < -0.3 is 10.6 Å². The Morgan fingerprint density at radius 2 is 1.85 bits per heavy atom. The van der Waals surface area contributed by atoms with Crippen LogP contribution >= 0.6 is 0 Å². The maximum atomic E-state index is 12.2. The van der Waals surface area contributed by atoms with Gasteiger partial charge in [0.2, 0.25) is 5.91 Å². The summed E-state index contributed by atoms with van der Waals surface area (Å²) < 4.78 is 0. The minimum atomic E-state index is 0.246. The summed E-state index contributed by atoms with van der Waals surface area (Å²) in [5, 5.41) is 6.78. The van der Waals surface area contributed by atoms with E-state index in [-0.39, 0.29) is 5.91 Å². The lowest BCUT2D eigenvalue weighted by molar-refractivity contribution is -0.123. The standard InChI is InChI=1S/C16H29N3O/c20-16(18-14-4-1-2-5-14)12-19(10-13-7-8-13)11-15-6-3-9-17-15/h13-15,17H,1-12H2,(H,18,20). The minimum absolute atomic E-state index is 0.246. The highest BCUT2D eigenvalue weighted by atomic mass is 16.2. The zero-order valence-electron chi connectivity index (χ0n) is 12.6. The first kappa shape index (κ1) is 14.3. The van der Waals surface area contributed by atoms with Gasteiger partial charge in [-0.3, -0.25) is 9.69 Å². The average molecular weight is 279 g/mol. The molecule has 1 heterocycles. The van der Waals surface area contributed by atoms with Crippen LogP contribution in [0.25, 0.3) is 0 Å². The zero-order chi connectivity index (χ0) is 13.8. The molecule has 2 N–H and O–H groups in total. The summed E-state index contributed by atoms with van der Waals surface area (Å²) in [6, 6.07) is 1.06. The Kier molecular flexibility index (Phi) is 4.94. The molecule has 4 heteroatoms. The third kappa shape index (κ3) is 4.45. The molecule has 3 fully saturated rings. The van der Waals surface area contributed by atoms with Gasteiger partial charge in [-0.05, 0) is 51.0 Å². The molecule has 3 rings (SSSR count). The van der Waals surface area contributed by atoms with Crippen LogP contribution in [-0.2, 0) is 4.79 Å². The first-order valence-corrected chi connectivity index (χ1v) is 8.55. The van der Waals surface area contributed by atoms with Crippen molar-refractivity contribution in [3.8, 4) is 0 Å². The number of carbonyl (C=O) groups excluding carboxylic acids is 1. The van der Waals surface area contributed by atoms with E-state index in [0.717, 1.165) is 25.6 Å². The highest BCUT2D eigenvalue weighted by molar-refractivity contribution is 5.78. The molecule has 2 saturated carbocycles. The summed E-state index contributed by atoms with van der Waals surface area (Å²) in [6.45, 7) is 3.92. The van der Waals surface area contributed by atoms with E-state index in [2.05, 4.69) is 15.5 Å². The molecule has 114 valence electrons. The molecule has 0 bridgehead atoms. The third-order valence-corrected chi connectivity index (χ3v) is 4.94. The van der Waals surface area contributed by atoms with E-state index < -0.39 is 0 Å². The van der Waals surface area contributed by atoms with Crippen molar-refractivity contribution in [2.45, 2.75) is 63.5 Å². The molecule has 0 spiro atoms. The second-order valence-electron chi connectivity index (χ2n) is 6.98. The highest BCUT2D eigenvalue weighted by Gasteiger charge is 2.28. The van der Waals surface area contributed by atoms with E-state index in [1.165, 1.54) is 51.4 Å². The Labute approximate surface area is 122 Å². The van der Waals surface area contributed by atoms with Gasteiger partial charge in [0.1, 0.15) is 0 Å². The molecule has 1 unspecified atom stereocenters. The fourth-order valence-electron chi connectivity index (χ4n) is 3.64. The maximum absolute atomic E-state index is 12.2. The van der Waals surface area contributed by atoms with Crippen LogP contribution in [0.5, 0.6) is 0 Å². The minimum Gasteiger partial charge on any atom is -0.352 e. The lowest BCUT2D eigenvalue weighted by Crippen LogP contribution is -2.45. The fourth-order valence-corrected chi connectivity index (χ4v) is 3.64. The predicted molar refractivity (Wildman–Crippen MR) is 80.6 cm³/mol. The molecule has 2 aliphatic carbocycles. The molecule has 3 aliphatic rings. The van der Waals surface area contributed by atoms with Gasteiger partial charge in [-0.15, -0.1) is 0 Å². The molecule has 0 aromatic carbocycles. The zero-order valence-corrected chi connectivity index (χ0v) is 12.6. The van der Waals surface area contributed by atoms with Gasteiger partial charge in [0.05, 0.1) is 6.54 Å². The molecule has 1 amide bonds. The van der Waals surface area contributed by atoms with E-state index in [1.807, 2.05) is 0 Å². The molecular weight excluding hydrogens is 250 g/mol. The molecule has 0 aromatic heterocycles. The second kappa shape index (κ2) is 6.90. The van der Waals surface area contributed by atoms with Crippen molar-refractivity contribution in [3.05, 3.63) is 0 Å². The molecule has 0 aromatic rings. The van der Waals surface area contributed by atoms with Gasteiger partial charge in [-0.2, -0.15) is 0 Å². The number of carbonyl (C=O) groups is 1. The van der Waals surface area contributed by atoms with Gasteiger partial charge >= 0.3 is 0 Å². The van der Waals surface area contributed by atoms with Gasteiger partial charge in [0, 0.05) is 25.2 Å². The lowest BCUT2D eigenvalue weighted by atomic mass is 10.2. The Balaban J connectivity index is 1.44. The normalized spacial score (nSPS) is 27.4. The Morgan fingerprint density at radius 1 is 1.05 bits per heavy atom. The third-order valence-electron chi connectivity index (χ3n) is 4.94. The summed E-state index contributed by atoms with van der Waals surface area (Å²) in [6.07, 6.45) is 10.2. The summed E-state index contributed by atoms with van der Waals surface area (Å²) >= 11 is 0. The van der Waals surface area contributed by atoms with Crippen molar-refractivity contribution in [1.82, 2.24) is 15.5 Å².